The summed E-state index contributed by atoms with van der Waals surface area (Å²) in [7, 11) is 0. The van der Waals surface area contributed by atoms with E-state index in [2.05, 4.69) is 6.07 Å². The zero-order chi connectivity index (χ0) is 8.10. The topological polar surface area (TPSA) is 29.5 Å². The van der Waals surface area contributed by atoms with Crippen LogP contribution in [0, 0.1) is 6.07 Å². The second-order valence-corrected chi connectivity index (χ2v) is 2.39. The van der Waals surface area contributed by atoms with Gasteiger partial charge in [0.2, 0.25) is 0 Å². The Labute approximate surface area is 66.4 Å². The Kier molecular flexibility index (Phi) is 2.93. The molecule has 1 aromatic rings. The van der Waals surface area contributed by atoms with Gasteiger partial charge in [-0.1, -0.05) is 18.2 Å². The van der Waals surface area contributed by atoms with Crippen molar-refractivity contribution < 1.29 is 9.84 Å². The van der Waals surface area contributed by atoms with Gasteiger partial charge in [-0.15, -0.1) is 0 Å². The van der Waals surface area contributed by atoms with Crippen molar-refractivity contribution in [3.05, 3.63) is 30.3 Å². The number of para-hydroxylation sites is 1. The predicted molar refractivity (Wildman–Crippen MR) is 42.5 cm³/mol. The highest BCUT2D eigenvalue weighted by atomic mass is 16.5. The minimum absolute atomic E-state index is 0.320. The molecule has 1 aromatic carbocycles. The zero-order valence-electron chi connectivity index (χ0n) is 6.45. The summed E-state index contributed by atoms with van der Waals surface area (Å²) in [5, 5.41) is 8.87. The van der Waals surface area contributed by atoms with Crippen molar-refractivity contribution in [2.75, 3.05) is 6.61 Å². The third-order valence-electron chi connectivity index (χ3n) is 1.16. The molecule has 1 atom stereocenters. The van der Waals surface area contributed by atoms with Gasteiger partial charge in [0.15, 0.2) is 0 Å². The fourth-order valence-corrected chi connectivity index (χ4v) is 0.677. The van der Waals surface area contributed by atoms with Crippen molar-refractivity contribution in [2.45, 2.75) is 13.0 Å². The molecule has 0 aliphatic heterocycles. The van der Waals surface area contributed by atoms with Crippen LogP contribution in [0.3, 0.4) is 0 Å². The van der Waals surface area contributed by atoms with E-state index < -0.39 is 6.10 Å². The second kappa shape index (κ2) is 3.98. The van der Waals surface area contributed by atoms with E-state index in [1.54, 1.807) is 13.0 Å². The van der Waals surface area contributed by atoms with E-state index in [0.29, 0.717) is 12.4 Å². The van der Waals surface area contributed by atoms with E-state index in [0.717, 1.165) is 0 Å². The summed E-state index contributed by atoms with van der Waals surface area (Å²) in [5.74, 6) is 0.674. The molecule has 0 saturated heterocycles. The van der Waals surface area contributed by atoms with Crippen LogP contribution in [-0.4, -0.2) is 17.8 Å². The van der Waals surface area contributed by atoms with Crippen LogP contribution in [0.15, 0.2) is 24.3 Å². The third-order valence-corrected chi connectivity index (χ3v) is 1.16. The summed E-state index contributed by atoms with van der Waals surface area (Å²) in [6.45, 7) is 2.00. The van der Waals surface area contributed by atoms with E-state index >= 15 is 0 Å². The summed E-state index contributed by atoms with van der Waals surface area (Å²) < 4.78 is 5.16. The maximum Gasteiger partial charge on any atom is 0.127 e. The Morgan fingerprint density at radius 1 is 1.64 bits per heavy atom. The lowest BCUT2D eigenvalue weighted by Crippen LogP contribution is -2.12. The standard InChI is InChI=1S/C9H11O2/c1-8(10)7-11-9-5-3-2-4-6-9/h2-5,8,10H,7H2,1H3/t8-/m1/s1. The van der Waals surface area contributed by atoms with E-state index in [9.17, 15) is 0 Å². The van der Waals surface area contributed by atoms with E-state index in [-0.39, 0.29) is 0 Å². The molecule has 0 amide bonds. The van der Waals surface area contributed by atoms with Gasteiger partial charge in [-0.2, -0.15) is 0 Å². The number of rotatable bonds is 3. The molecular weight excluding hydrogens is 140 g/mol. The number of hydrogen-bond acceptors (Lipinski definition) is 2. The first-order valence-corrected chi connectivity index (χ1v) is 3.56. The van der Waals surface area contributed by atoms with E-state index in [1.165, 1.54) is 0 Å². The molecule has 1 radical (unpaired) electrons. The average molecular weight is 151 g/mol. The number of aliphatic hydroxyl groups excluding tert-OH is 1. The first-order valence-electron chi connectivity index (χ1n) is 3.56. The van der Waals surface area contributed by atoms with Crippen molar-refractivity contribution in [3.63, 3.8) is 0 Å². The first kappa shape index (κ1) is 8.08. The van der Waals surface area contributed by atoms with Gasteiger partial charge in [0.05, 0.1) is 6.10 Å². The van der Waals surface area contributed by atoms with E-state index in [1.807, 2.05) is 18.2 Å². The van der Waals surface area contributed by atoms with Gasteiger partial charge in [-0.3, -0.25) is 0 Å². The fraction of sp³-hybridized carbons (Fsp3) is 0.333. The van der Waals surface area contributed by atoms with Gasteiger partial charge >= 0.3 is 0 Å². The van der Waals surface area contributed by atoms with Crippen molar-refractivity contribution in [3.8, 4) is 5.75 Å². The first-order chi connectivity index (χ1) is 5.29. The smallest absolute Gasteiger partial charge is 0.127 e. The Balaban J connectivity index is 2.39. The average Bonchev–Trinajstić information content (AvgIpc) is 2.03. The summed E-state index contributed by atoms with van der Waals surface area (Å²) in [6.07, 6.45) is -0.427. The monoisotopic (exact) mass is 151 g/mol. The maximum absolute atomic E-state index is 8.87. The van der Waals surface area contributed by atoms with Gasteiger partial charge in [0.1, 0.15) is 12.4 Å². The van der Waals surface area contributed by atoms with Crippen molar-refractivity contribution >= 4 is 0 Å². The SMILES string of the molecule is C[C@@H](O)COc1[c]cccc1. The van der Waals surface area contributed by atoms with Gasteiger partial charge in [-0.05, 0) is 13.0 Å². The third kappa shape index (κ3) is 3.05. The highest BCUT2D eigenvalue weighted by Crippen LogP contribution is 2.06. The highest BCUT2D eigenvalue weighted by Gasteiger charge is 1.95. The molecule has 59 valence electrons. The molecule has 0 spiro atoms. The maximum atomic E-state index is 8.87. The van der Waals surface area contributed by atoms with Crippen LogP contribution in [0.25, 0.3) is 0 Å². The summed E-state index contributed by atoms with van der Waals surface area (Å²) in [4.78, 5) is 0. The number of ether oxygens (including phenoxy) is 1. The van der Waals surface area contributed by atoms with Crippen LogP contribution >= 0.6 is 0 Å². The summed E-state index contributed by atoms with van der Waals surface area (Å²) >= 11 is 0. The molecule has 0 bridgehead atoms. The lowest BCUT2D eigenvalue weighted by molar-refractivity contribution is 0.122. The van der Waals surface area contributed by atoms with Crippen molar-refractivity contribution in [2.24, 2.45) is 0 Å². The van der Waals surface area contributed by atoms with Crippen LogP contribution in [0.5, 0.6) is 5.75 Å². The van der Waals surface area contributed by atoms with Crippen LogP contribution < -0.4 is 4.74 Å². The molecule has 0 fully saturated rings. The van der Waals surface area contributed by atoms with Crippen molar-refractivity contribution in [1.82, 2.24) is 0 Å². The van der Waals surface area contributed by atoms with Gasteiger partial charge < -0.3 is 9.84 Å². The normalized spacial score (nSPS) is 12.5. The lowest BCUT2D eigenvalue weighted by Gasteiger charge is -2.06. The highest BCUT2D eigenvalue weighted by molar-refractivity contribution is 5.19. The fourth-order valence-electron chi connectivity index (χ4n) is 0.677. The minimum Gasteiger partial charge on any atom is -0.490 e. The molecule has 2 heteroatoms. The molecular formula is C9H11O2. The Bertz CT molecular complexity index is 194. The van der Waals surface area contributed by atoms with Crippen LogP contribution in [0.2, 0.25) is 0 Å². The molecule has 0 unspecified atom stereocenters. The molecule has 0 aliphatic carbocycles. The number of hydrogen-bond donors (Lipinski definition) is 1. The van der Waals surface area contributed by atoms with Gasteiger partial charge in [0.25, 0.3) is 0 Å². The number of benzene rings is 1. The van der Waals surface area contributed by atoms with Crippen LogP contribution in [0.4, 0.5) is 0 Å². The summed E-state index contributed by atoms with van der Waals surface area (Å²) in [6, 6.07) is 10.2. The van der Waals surface area contributed by atoms with E-state index in [4.69, 9.17) is 9.84 Å². The molecule has 2 nitrogen and oxygen atoms in total. The largest absolute Gasteiger partial charge is 0.490 e. The molecule has 1 N–H and O–H groups in total. The molecule has 0 saturated carbocycles. The zero-order valence-corrected chi connectivity index (χ0v) is 6.45. The molecule has 0 heterocycles. The quantitative estimate of drug-likeness (QED) is 0.704. The predicted octanol–water partition coefficient (Wildman–Crippen LogP) is 1.25. The van der Waals surface area contributed by atoms with Gasteiger partial charge in [-0.25, -0.2) is 0 Å². The van der Waals surface area contributed by atoms with Crippen molar-refractivity contribution in [1.29, 1.82) is 0 Å². The Morgan fingerprint density at radius 3 is 3.00 bits per heavy atom. The lowest BCUT2D eigenvalue weighted by atomic mass is 10.3. The van der Waals surface area contributed by atoms with Crippen LogP contribution in [-0.2, 0) is 0 Å². The molecule has 11 heavy (non-hydrogen) atoms. The van der Waals surface area contributed by atoms with Gasteiger partial charge in [0, 0.05) is 6.07 Å². The molecule has 0 aromatic heterocycles. The number of aliphatic hydroxyl groups is 1. The summed E-state index contributed by atoms with van der Waals surface area (Å²) in [5.41, 5.74) is 0. The molecule has 1 rings (SSSR count). The minimum atomic E-state index is -0.427. The Morgan fingerprint density at radius 2 is 2.45 bits per heavy atom. The second-order valence-electron chi connectivity index (χ2n) is 2.39. The Hall–Kier alpha value is -1.02. The van der Waals surface area contributed by atoms with Crippen LogP contribution in [0.1, 0.15) is 6.92 Å². The molecule has 0 aliphatic rings.